The molecule has 0 bridgehead atoms. The zero-order valence-electron chi connectivity index (χ0n) is 10.5. The van der Waals surface area contributed by atoms with Gasteiger partial charge in [-0.05, 0) is 25.4 Å². The van der Waals surface area contributed by atoms with Crippen LogP contribution in [0.1, 0.15) is 17.0 Å². The van der Waals surface area contributed by atoms with E-state index in [4.69, 9.17) is 11.6 Å². The third kappa shape index (κ3) is 2.12. The summed E-state index contributed by atoms with van der Waals surface area (Å²) in [6.07, 6.45) is 1.56. The molecule has 0 aliphatic rings. The number of hydrogen-bond donors (Lipinski definition) is 3. The standard InChI is InChI=1S/C11H12ClN7/c1-5-7(6(2)19-18-5)3-13-9-8-10(15-4-14-8)17-11(12)16-9/h4H,3H2,1-2H3,(H,18,19)(H2,13,14,15,16,17). The van der Waals surface area contributed by atoms with E-state index >= 15 is 0 Å². The Labute approximate surface area is 113 Å². The molecule has 0 fully saturated rings. The molecule has 0 aliphatic heterocycles. The van der Waals surface area contributed by atoms with E-state index < -0.39 is 0 Å². The van der Waals surface area contributed by atoms with Crippen LogP contribution in [0.3, 0.4) is 0 Å². The molecule has 3 aromatic heterocycles. The van der Waals surface area contributed by atoms with Crippen LogP contribution in [0.2, 0.25) is 5.28 Å². The van der Waals surface area contributed by atoms with Crippen LogP contribution in [-0.2, 0) is 6.54 Å². The van der Waals surface area contributed by atoms with Gasteiger partial charge in [-0.1, -0.05) is 0 Å². The van der Waals surface area contributed by atoms with Gasteiger partial charge in [0.1, 0.15) is 5.52 Å². The smallest absolute Gasteiger partial charge is 0.226 e. The van der Waals surface area contributed by atoms with Gasteiger partial charge in [-0.15, -0.1) is 0 Å². The highest BCUT2D eigenvalue weighted by atomic mass is 35.5. The molecule has 0 unspecified atom stereocenters. The highest BCUT2D eigenvalue weighted by Crippen LogP contribution is 2.20. The molecule has 0 amide bonds. The zero-order chi connectivity index (χ0) is 13.4. The monoisotopic (exact) mass is 277 g/mol. The molecule has 19 heavy (non-hydrogen) atoms. The van der Waals surface area contributed by atoms with Crippen LogP contribution in [0.5, 0.6) is 0 Å². The number of aryl methyl sites for hydroxylation is 2. The molecule has 0 radical (unpaired) electrons. The van der Waals surface area contributed by atoms with Gasteiger partial charge in [0, 0.05) is 17.8 Å². The van der Waals surface area contributed by atoms with E-state index in [0.29, 0.717) is 18.0 Å². The van der Waals surface area contributed by atoms with Crippen molar-refractivity contribution in [1.29, 1.82) is 0 Å². The van der Waals surface area contributed by atoms with Gasteiger partial charge >= 0.3 is 0 Å². The Kier molecular flexibility index (Phi) is 2.83. The van der Waals surface area contributed by atoms with Crippen molar-refractivity contribution in [1.82, 2.24) is 30.1 Å². The molecule has 7 nitrogen and oxygen atoms in total. The normalized spacial score (nSPS) is 11.1. The lowest BCUT2D eigenvalue weighted by Gasteiger charge is -2.06. The van der Waals surface area contributed by atoms with Crippen LogP contribution in [0.15, 0.2) is 6.33 Å². The number of anilines is 1. The third-order valence-electron chi connectivity index (χ3n) is 2.97. The number of fused-ring (bicyclic) bond motifs is 1. The maximum absolute atomic E-state index is 5.87. The molecule has 3 aromatic rings. The Balaban J connectivity index is 1.91. The fourth-order valence-corrected chi connectivity index (χ4v) is 2.11. The Hall–Kier alpha value is -2.15. The highest BCUT2D eigenvalue weighted by molar-refractivity contribution is 6.28. The molecule has 0 atom stereocenters. The third-order valence-corrected chi connectivity index (χ3v) is 3.14. The first-order valence-corrected chi connectivity index (χ1v) is 6.14. The number of nitrogens with one attached hydrogen (secondary N) is 3. The van der Waals surface area contributed by atoms with Crippen LogP contribution < -0.4 is 5.32 Å². The molecular formula is C11H12ClN7. The molecule has 3 heterocycles. The molecule has 0 aromatic carbocycles. The highest BCUT2D eigenvalue weighted by Gasteiger charge is 2.11. The predicted molar refractivity (Wildman–Crippen MR) is 72.1 cm³/mol. The van der Waals surface area contributed by atoms with E-state index in [1.807, 2.05) is 13.8 Å². The lowest BCUT2D eigenvalue weighted by molar-refractivity contribution is 1.02. The maximum Gasteiger partial charge on any atom is 0.226 e. The minimum absolute atomic E-state index is 0.169. The molecule has 0 aliphatic carbocycles. The first-order chi connectivity index (χ1) is 9.15. The molecule has 3 N–H and O–H groups in total. The topological polar surface area (TPSA) is 95.2 Å². The van der Waals surface area contributed by atoms with E-state index in [1.165, 1.54) is 0 Å². The van der Waals surface area contributed by atoms with E-state index in [1.54, 1.807) is 6.33 Å². The van der Waals surface area contributed by atoms with E-state index in [9.17, 15) is 0 Å². The van der Waals surface area contributed by atoms with E-state index in [2.05, 4.69) is 35.5 Å². The van der Waals surface area contributed by atoms with Crippen LogP contribution in [0.4, 0.5) is 5.82 Å². The Morgan fingerprint density at radius 2 is 2.16 bits per heavy atom. The van der Waals surface area contributed by atoms with Crippen LogP contribution in [0, 0.1) is 13.8 Å². The molecule has 0 saturated heterocycles. The van der Waals surface area contributed by atoms with Crippen molar-refractivity contribution in [2.24, 2.45) is 0 Å². The summed E-state index contributed by atoms with van der Waals surface area (Å²) in [5, 5.41) is 10.5. The van der Waals surface area contributed by atoms with Crippen molar-refractivity contribution in [3.63, 3.8) is 0 Å². The van der Waals surface area contributed by atoms with Gasteiger partial charge < -0.3 is 10.3 Å². The van der Waals surface area contributed by atoms with Gasteiger partial charge in [-0.25, -0.2) is 4.98 Å². The van der Waals surface area contributed by atoms with Crippen molar-refractivity contribution in [3.05, 3.63) is 28.6 Å². The van der Waals surface area contributed by atoms with Gasteiger partial charge in [0.25, 0.3) is 0 Å². The summed E-state index contributed by atoms with van der Waals surface area (Å²) >= 11 is 5.87. The second kappa shape index (κ2) is 4.51. The number of imidazole rings is 1. The Bertz CT molecular complexity index is 710. The van der Waals surface area contributed by atoms with Gasteiger partial charge in [-0.3, -0.25) is 5.10 Å². The largest absolute Gasteiger partial charge is 0.364 e. The second-order valence-electron chi connectivity index (χ2n) is 4.21. The van der Waals surface area contributed by atoms with Crippen molar-refractivity contribution in [3.8, 4) is 0 Å². The van der Waals surface area contributed by atoms with Crippen LogP contribution >= 0.6 is 11.6 Å². The van der Waals surface area contributed by atoms with Crippen molar-refractivity contribution < 1.29 is 0 Å². The first kappa shape index (κ1) is 11.9. The summed E-state index contributed by atoms with van der Waals surface area (Å²) in [4.78, 5) is 15.3. The number of rotatable bonds is 3. The fourth-order valence-electron chi connectivity index (χ4n) is 1.94. The molecule has 3 rings (SSSR count). The van der Waals surface area contributed by atoms with Crippen molar-refractivity contribution in [2.75, 3.05) is 5.32 Å². The second-order valence-corrected chi connectivity index (χ2v) is 4.55. The minimum Gasteiger partial charge on any atom is -0.364 e. The van der Waals surface area contributed by atoms with Gasteiger partial charge in [0.2, 0.25) is 5.28 Å². The van der Waals surface area contributed by atoms with E-state index in [-0.39, 0.29) is 5.28 Å². The number of aromatic amines is 2. The van der Waals surface area contributed by atoms with Crippen molar-refractivity contribution >= 4 is 28.6 Å². The van der Waals surface area contributed by atoms with Crippen LogP contribution in [-0.4, -0.2) is 30.1 Å². The van der Waals surface area contributed by atoms with Crippen LogP contribution in [0.25, 0.3) is 11.2 Å². The summed E-state index contributed by atoms with van der Waals surface area (Å²) in [6.45, 7) is 4.55. The predicted octanol–water partition coefficient (Wildman–Crippen LogP) is 1.96. The number of aromatic nitrogens is 6. The lowest BCUT2D eigenvalue weighted by Crippen LogP contribution is -2.04. The first-order valence-electron chi connectivity index (χ1n) is 5.76. The summed E-state index contributed by atoms with van der Waals surface area (Å²) in [6, 6.07) is 0. The zero-order valence-corrected chi connectivity index (χ0v) is 11.2. The summed E-state index contributed by atoms with van der Waals surface area (Å²) in [5.41, 5.74) is 4.39. The molecular weight excluding hydrogens is 266 g/mol. The van der Waals surface area contributed by atoms with Gasteiger partial charge in [-0.2, -0.15) is 15.1 Å². The quantitative estimate of drug-likeness (QED) is 0.636. The molecule has 0 saturated carbocycles. The summed E-state index contributed by atoms with van der Waals surface area (Å²) < 4.78 is 0. The van der Waals surface area contributed by atoms with E-state index in [0.717, 1.165) is 22.5 Å². The summed E-state index contributed by atoms with van der Waals surface area (Å²) in [5.74, 6) is 0.632. The minimum atomic E-state index is 0.169. The number of hydrogen-bond acceptors (Lipinski definition) is 5. The lowest BCUT2D eigenvalue weighted by atomic mass is 10.2. The fraction of sp³-hybridized carbons (Fsp3) is 0.273. The molecule has 98 valence electrons. The number of nitrogens with zero attached hydrogens (tertiary/aromatic N) is 4. The number of halogens is 1. The summed E-state index contributed by atoms with van der Waals surface area (Å²) in [7, 11) is 0. The van der Waals surface area contributed by atoms with Gasteiger partial charge in [0.15, 0.2) is 11.5 Å². The molecule has 0 spiro atoms. The Morgan fingerprint density at radius 1 is 1.32 bits per heavy atom. The average molecular weight is 278 g/mol. The SMILES string of the molecule is Cc1n[nH]c(C)c1CNc1nc(Cl)nc2nc[nH]c12. The van der Waals surface area contributed by atoms with Gasteiger partial charge in [0.05, 0.1) is 12.0 Å². The maximum atomic E-state index is 5.87. The number of H-pyrrole nitrogens is 2. The average Bonchev–Trinajstić information content (AvgIpc) is 2.95. The van der Waals surface area contributed by atoms with Crippen molar-refractivity contribution in [2.45, 2.75) is 20.4 Å². The molecule has 8 heteroatoms. The Morgan fingerprint density at radius 3 is 2.89 bits per heavy atom.